The van der Waals surface area contributed by atoms with E-state index in [-0.39, 0.29) is 6.61 Å². The molecule has 2 heterocycles. The first-order chi connectivity index (χ1) is 24.6. The molecule has 2 aliphatic heterocycles. The van der Waals surface area contributed by atoms with Gasteiger partial charge in [0.25, 0.3) is 0 Å². The van der Waals surface area contributed by atoms with Crippen LogP contribution in [0.3, 0.4) is 0 Å². The molecule has 256 valence electrons. The van der Waals surface area contributed by atoms with E-state index in [0.717, 1.165) is 51.2 Å². The average Bonchev–Trinajstić information content (AvgIpc) is 3.17. The summed E-state index contributed by atoms with van der Waals surface area (Å²) in [4.78, 5) is 12.8. The Hall–Kier alpha value is -4.50. The van der Waals surface area contributed by atoms with Crippen molar-refractivity contribution >= 4 is 17.9 Å². The van der Waals surface area contributed by atoms with E-state index in [1.54, 1.807) is 0 Å². The minimum Gasteiger partial charge on any atom is -0.486 e. The maximum atomic E-state index is 12.8. The predicted octanol–water partition coefficient (Wildman–Crippen LogP) is 8.10. The van der Waals surface area contributed by atoms with Crippen LogP contribution in [0.15, 0.2) is 127 Å². The number of hydrogen-bond acceptors (Lipinski definition) is 7. The van der Waals surface area contributed by atoms with Crippen molar-refractivity contribution < 1.29 is 33.2 Å². The lowest BCUT2D eigenvalue weighted by Gasteiger charge is -2.45. The minimum atomic E-state index is -0.919. The van der Waals surface area contributed by atoms with Gasteiger partial charge in [-0.2, -0.15) is 0 Å². The third-order valence-electron chi connectivity index (χ3n) is 8.96. The Balaban J connectivity index is 1.23. The summed E-state index contributed by atoms with van der Waals surface area (Å²) in [6, 6.07) is 41.5. The van der Waals surface area contributed by atoms with Crippen molar-refractivity contribution in [3.8, 4) is 11.5 Å². The van der Waals surface area contributed by atoms with Crippen molar-refractivity contribution in [2.45, 2.75) is 56.8 Å². The Morgan fingerprint density at radius 3 is 1.76 bits per heavy atom. The van der Waals surface area contributed by atoms with Crippen molar-refractivity contribution in [2.24, 2.45) is 0 Å². The smallest absolute Gasteiger partial charge is 0.161 e. The Labute approximate surface area is 297 Å². The minimum absolute atomic E-state index is 0.279. The number of carbonyl (C=O) groups excluding carboxylic acids is 1. The van der Waals surface area contributed by atoms with E-state index in [4.69, 9.17) is 40.0 Å². The molecule has 0 spiro atoms. The average molecular weight is 691 g/mol. The number of ether oxygens (including phenoxy) is 6. The summed E-state index contributed by atoms with van der Waals surface area (Å²) in [5, 5.41) is 0.620. The molecule has 5 aromatic rings. The summed E-state index contributed by atoms with van der Waals surface area (Å²) in [5.74, 6) is 1.46. The van der Waals surface area contributed by atoms with Gasteiger partial charge in [-0.25, -0.2) is 0 Å². The van der Waals surface area contributed by atoms with Crippen LogP contribution in [0.1, 0.15) is 39.5 Å². The lowest BCUT2D eigenvalue weighted by atomic mass is 9.89. The van der Waals surface area contributed by atoms with Gasteiger partial charge in [0.1, 0.15) is 43.7 Å². The summed E-state index contributed by atoms with van der Waals surface area (Å²) >= 11 is 6.80. The second-order valence-corrected chi connectivity index (χ2v) is 12.9. The van der Waals surface area contributed by atoms with Crippen molar-refractivity contribution in [3.63, 3.8) is 0 Å². The fourth-order valence-corrected chi connectivity index (χ4v) is 6.62. The number of fused-ring (bicyclic) bond motifs is 1. The molecular weight excluding hydrogens is 652 g/mol. The molecule has 0 N–H and O–H groups in total. The molecule has 7 nitrogen and oxygen atoms in total. The van der Waals surface area contributed by atoms with E-state index in [0.29, 0.717) is 37.9 Å². The van der Waals surface area contributed by atoms with Gasteiger partial charge < -0.3 is 33.2 Å². The molecule has 8 heteroatoms. The molecule has 0 amide bonds. The van der Waals surface area contributed by atoms with Crippen LogP contribution in [-0.4, -0.2) is 43.9 Å². The Bertz CT molecular complexity index is 1840. The molecular formula is C42H39ClO7. The van der Waals surface area contributed by atoms with Crippen LogP contribution in [0, 0.1) is 0 Å². The molecule has 1 saturated heterocycles. The van der Waals surface area contributed by atoms with Gasteiger partial charge in [0.2, 0.25) is 0 Å². The number of benzene rings is 5. The summed E-state index contributed by atoms with van der Waals surface area (Å²) in [6.45, 7) is 1.94. The van der Waals surface area contributed by atoms with Gasteiger partial charge >= 0.3 is 0 Å². The molecule has 5 aromatic carbocycles. The zero-order chi connectivity index (χ0) is 34.1. The highest BCUT2D eigenvalue weighted by molar-refractivity contribution is 6.31. The number of halogens is 1. The standard InChI is InChI=1S/C42H39ClO7/c43-35-18-17-33(24-34(35)22-32-16-19-36-37(23-32)46-21-20-45-36)39-41(48-27-30-12-6-2-7-13-30)42(49-28-31-14-8-3-9-15-31)40(38(25-44)50-39)47-26-29-10-4-1-5-11-29/h1-19,23-25,38-42H,20-22,26-28H2. The van der Waals surface area contributed by atoms with Crippen molar-refractivity contribution in [1.29, 1.82) is 0 Å². The summed E-state index contributed by atoms with van der Waals surface area (Å²) in [6.07, 6.45) is -2.26. The quantitative estimate of drug-likeness (QED) is 0.116. The molecule has 0 saturated carbocycles. The van der Waals surface area contributed by atoms with E-state index in [1.165, 1.54) is 0 Å². The SMILES string of the molecule is O=CC1OC(c2ccc(Cl)c(Cc3ccc4c(c3)OCCO4)c2)C(OCc2ccccc2)C(OCc2ccccc2)C1OCc1ccccc1. The second-order valence-electron chi connectivity index (χ2n) is 12.4. The molecule has 1 fully saturated rings. The van der Waals surface area contributed by atoms with Gasteiger partial charge in [-0.3, -0.25) is 0 Å². The number of hydrogen-bond donors (Lipinski definition) is 0. The fourth-order valence-electron chi connectivity index (χ4n) is 6.43. The molecule has 2 aliphatic rings. The van der Waals surface area contributed by atoms with E-state index < -0.39 is 30.5 Å². The molecule has 0 aromatic heterocycles. The Morgan fingerprint density at radius 1 is 0.600 bits per heavy atom. The van der Waals surface area contributed by atoms with Gasteiger partial charge in [0.15, 0.2) is 17.8 Å². The lowest BCUT2D eigenvalue weighted by molar-refractivity contribution is -0.259. The van der Waals surface area contributed by atoms with E-state index in [2.05, 4.69) is 0 Å². The zero-order valence-electron chi connectivity index (χ0n) is 27.6. The fraction of sp³-hybridized carbons (Fsp3) is 0.262. The normalized spacial score (nSPS) is 21.4. The molecule has 0 bridgehead atoms. The maximum absolute atomic E-state index is 12.8. The van der Waals surface area contributed by atoms with Crippen molar-refractivity contribution in [1.82, 2.24) is 0 Å². The number of carbonyl (C=O) groups is 1. The first-order valence-electron chi connectivity index (χ1n) is 16.9. The topological polar surface area (TPSA) is 72.5 Å². The van der Waals surface area contributed by atoms with Crippen LogP contribution in [0.4, 0.5) is 0 Å². The van der Waals surface area contributed by atoms with Gasteiger partial charge in [-0.15, -0.1) is 0 Å². The molecule has 5 atom stereocenters. The van der Waals surface area contributed by atoms with Crippen molar-refractivity contribution in [2.75, 3.05) is 13.2 Å². The van der Waals surface area contributed by atoms with Gasteiger partial charge in [0.05, 0.1) is 19.8 Å². The van der Waals surface area contributed by atoms with E-state index in [9.17, 15) is 4.79 Å². The van der Waals surface area contributed by atoms with Crippen molar-refractivity contribution in [3.05, 3.63) is 166 Å². The summed E-state index contributed by atoms with van der Waals surface area (Å²) < 4.78 is 38.2. The van der Waals surface area contributed by atoms with Crippen LogP contribution in [0.5, 0.6) is 11.5 Å². The first-order valence-corrected chi connectivity index (χ1v) is 17.3. The predicted molar refractivity (Wildman–Crippen MR) is 190 cm³/mol. The molecule has 5 unspecified atom stereocenters. The van der Waals surface area contributed by atoms with E-state index >= 15 is 0 Å². The van der Waals surface area contributed by atoms with Gasteiger partial charge in [0, 0.05) is 5.02 Å². The largest absolute Gasteiger partial charge is 0.486 e. The summed E-state index contributed by atoms with van der Waals surface area (Å²) in [7, 11) is 0. The Morgan fingerprint density at radius 2 is 1.16 bits per heavy atom. The number of rotatable bonds is 13. The monoisotopic (exact) mass is 690 g/mol. The Kier molecular flexibility index (Phi) is 11.2. The molecule has 0 aliphatic carbocycles. The van der Waals surface area contributed by atoms with Crippen LogP contribution in [0.2, 0.25) is 5.02 Å². The first kappa shape index (κ1) is 34.0. The molecule has 50 heavy (non-hydrogen) atoms. The lowest BCUT2D eigenvalue weighted by Crippen LogP contribution is -2.57. The number of aldehydes is 1. The molecule has 0 radical (unpaired) electrons. The maximum Gasteiger partial charge on any atom is 0.161 e. The van der Waals surface area contributed by atoms with Crippen LogP contribution < -0.4 is 9.47 Å². The zero-order valence-corrected chi connectivity index (χ0v) is 28.3. The van der Waals surface area contributed by atoms with Crippen LogP contribution in [-0.2, 0) is 50.0 Å². The van der Waals surface area contributed by atoms with E-state index in [1.807, 2.05) is 127 Å². The van der Waals surface area contributed by atoms with Crippen LogP contribution >= 0.6 is 11.6 Å². The highest BCUT2D eigenvalue weighted by Gasteiger charge is 2.49. The highest BCUT2D eigenvalue weighted by atomic mass is 35.5. The second kappa shape index (κ2) is 16.5. The summed E-state index contributed by atoms with van der Waals surface area (Å²) in [5.41, 5.74) is 5.72. The third-order valence-corrected chi connectivity index (χ3v) is 9.33. The third kappa shape index (κ3) is 8.27. The highest BCUT2D eigenvalue weighted by Crippen LogP contribution is 2.39. The van der Waals surface area contributed by atoms with Gasteiger partial charge in [-0.05, 0) is 58.0 Å². The molecule has 7 rings (SSSR count). The van der Waals surface area contributed by atoms with Gasteiger partial charge in [-0.1, -0.05) is 121 Å². The van der Waals surface area contributed by atoms with Crippen LogP contribution in [0.25, 0.3) is 0 Å².